The second-order valence-corrected chi connectivity index (χ2v) is 4.48. The molecule has 0 saturated carbocycles. The maximum Gasteiger partial charge on any atom is 0.125 e. The first kappa shape index (κ1) is 8.36. The Morgan fingerprint density at radius 2 is 2.36 bits per heavy atom. The molecular formula is C11H15N3. The van der Waals surface area contributed by atoms with Gasteiger partial charge in [-0.1, -0.05) is 0 Å². The van der Waals surface area contributed by atoms with E-state index in [4.69, 9.17) is 0 Å². The molecule has 1 aliphatic carbocycles. The largest absolute Gasteiger partial charge is 0.316 e. The van der Waals surface area contributed by atoms with Gasteiger partial charge in [-0.15, -0.1) is 0 Å². The van der Waals surface area contributed by atoms with Crippen LogP contribution in [0.25, 0.3) is 0 Å². The van der Waals surface area contributed by atoms with E-state index in [1.165, 1.54) is 24.2 Å². The van der Waals surface area contributed by atoms with E-state index < -0.39 is 0 Å². The van der Waals surface area contributed by atoms with Gasteiger partial charge in [-0.2, -0.15) is 0 Å². The number of hydrogen-bond donors (Lipinski definition) is 1. The summed E-state index contributed by atoms with van der Waals surface area (Å²) in [5.41, 5.74) is 2.69. The van der Waals surface area contributed by atoms with Crippen LogP contribution in [0.4, 0.5) is 0 Å². The van der Waals surface area contributed by atoms with Crippen LogP contribution < -0.4 is 5.32 Å². The van der Waals surface area contributed by atoms with Crippen molar-refractivity contribution in [2.45, 2.75) is 25.7 Å². The van der Waals surface area contributed by atoms with Gasteiger partial charge in [-0.3, -0.25) is 0 Å². The average Bonchev–Trinajstić information content (AvgIpc) is 2.17. The molecule has 0 radical (unpaired) electrons. The van der Waals surface area contributed by atoms with Crippen LogP contribution in [0.2, 0.25) is 0 Å². The van der Waals surface area contributed by atoms with Gasteiger partial charge in [0.2, 0.25) is 0 Å². The van der Waals surface area contributed by atoms with Crippen molar-refractivity contribution in [2.24, 2.45) is 5.92 Å². The SMILES string of the molecule is Cc1ncc2c(n1)CC1CNCC2C1. The summed E-state index contributed by atoms with van der Waals surface area (Å²) in [6, 6.07) is 0. The van der Waals surface area contributed by atoms with Crippen LogP contribution in [0.15, 0.2) is 6.20 Å². The highest BCUT2D eigenvalue weighted by molar-refractivity contribution is 5.27. The van der Waals surface area contributed by atoms with Gasteiger partial charge in [0.1, 0.15) is 5.82 Å². The van der Waals surface area contributed by atoms with Crippen molar-refractivity contribution in [3.8, 4) is 0 Å². The summed E-state index contributed by atoms with van der Waals surface area (Å²) in [7, 11) is 0. The monoisotopic (exact) mass is 189 g/mol. The number of piperidine rings is 1. The number of aromatic nitrogens is 2. The Hall–Kier alpha value is -0.960. The molecule has 0 aromatic carbocycles. The summed E-state index contributed by atoms with van der Waals surface area (Å²) < 4.78 is 0. The van der Waals surface area contributed by atoms with Gasteiger partial charge in [0.05, 0.1) is 0 Å². The van der Waals surface area contributed by atoms with E-state index in [0.717, 1.165) is 24.7 Å². The summed E-state index contributed by atoms with van der Waals surface area (Å²) >= 11 is 0. The fourth-order valence-corrected chi connectivity index (χ4v) is 2.73. The Morgan fingerprint density at radius 3 is 3.29 bits per heavy atom. The van der Waals surface area contributed by atoms with Crippen LogP contribution in [0.1, 0.15) is 29.4 Å². The van der Waals surface area contributed by atoms with Crippen molar-refractivity contribution in [1.29, 1.82) is 0 Å². The summed E-state index contributed by atoms with van der Waals surface area (Å²) in [6.45, 7) is 4.25. The fraction of sp³-hybridized carbons (Fsp3) is 0.636. The first-order valence-electron chi connectivity index (χ1n) is 5.36. The van der Waals surface area contributed by atoms with E-state index in [-0.39, 0.29) is 0 Å². The molecular weight excluding hydrogens is 174 g/mol. The zero-order chi connectivity index (χ0) is 9.54. The molecule has 3 heteroatoms. The smallest absolute Gasteiger partial charge is 0.125 e. The lowest BCUT2D eigenvalue weighted by atomic mass is 9.77. The molecule has 1 N–H and O–H groups in total. The first-order chi connectivity index (χ1) is 6.83. The lowest BCUT2D eigenvalue weighted by Gasteiger charge is -2.35. The molecule has 1 aromatic rings. The number of nitrogens with one attached hydrogen (secondary N) is 1. The maximum atomic E-state index is 4.56. The normalized spacial score (nSPS) is 29.8. The molecule has 2 heterocycles. The van der Waals surface area contributed by atoms with Crippen molar-refractivity contribution in [1.82, 2.24) is 15.3 Å². The maximum absolute atomic E-state index is 4.56. The van der Waals surface area contributed by atoms with Crippen molar-refractivity contribution >= 4 is 0 Å². The van der Waals surface area contributed by atoms with Gasteiger partial charge < -0.3 is 5.32 Å². The van der Waals surface area contributed by atoms with Crippen LogP contribution in [0.3, 0.4) is 0 Å². The minimum Gasteiger partial charge on any atom is -0.316 e. The summed E-state index contributed by atoms with van der Waals surface area (Å²) in [5.74, 6) is 2.38. The van der Waals surface area contributed by atoms with Crippen molar-refractivity contribution in [3.05, 3.63) is 23.3 Å². The molecule has 1 fully saturated rings. The van der Waals surface area contributed by atoms with E-state index in [1.807, 2.05) is 13.1 Å². The summed E-state index contributed by atoms with van der Waals surface area (Å²) in [5, 5.41) is 3.49. The fourth-order valence-electron chi connectivity index (χ4n) is 2.73. The molecule has 2 atom stereocenters. The molecule has 74 valence electrons. The minimum atomic E-state index is 0.665. The molecule has 3 rings (SSSR count). The predicted octanol–water partition coefficient (Wildman–Crippen LogP) is 1.03. The van der Waals surface area contributed by atoms with Gasteiger partial charge in [0, 0.05) is 18.4 Å². The Kier molecular flexibility index (Phi) is 1.80. The van der Waals surface area contributed by atoms with Crippen LogP contribution in [0.5, 0.6) is 0 Å². The van der Waals surface area contributed by atoms with Gasteiger partial charge in [-0.05, 0) is 43.7 Å². The van der Waals surface area contributed by atoms with Crippen LogP contribution in [-0.4, -0.2) is 23.1 Å². The predicted molar refractivity (Wildman–Crippen MR) is 54.2 cm³/mol. The molecule has 14 heavy (non-hydrogen) atoms. The summed E-state index contributed by atoms with van der Waals surface area (Å²) in [4.78, 5) is 8.86. The highest BCUT2D eigenvalue weighted by Crippen LogP contribution is 2.35. The van der Waals surface area contributed by atoms with E-state index in [9.17, 15) is 0 Å². The molecule has 1 aliphatic heterocycles. The number of aryl methyl sites for hydroxylation is 1. The van der Waals surface area contributed by atoms with Crippen LogP contribution in [-0.2, 0) is 6.42 Å². The second kappa shape index (κ2) is 3.02. The molecule has 3 nitrogen and oxygen atoms in total. The van der Waals surface area contributed by atoms with Crippen LogP contribution >= 0.6 is 0 Å². The molecule has 2 aliphatic rings. The van der Waals surface area contributed by atoms with Crippen molar-refractivity contribution in [3.63, 3.8) is 0 Å². The molecule has 2 bridgehead atoms. The average molecular weight is 189 g/mol. The van der Waals surface area contributed by atoms with E-state index in [0.29, 0.717) is 5.92 Å². The van der Waals surface area contributed by atoms with Gasteiger partial charge in [0.25, 0.3) is 0 Å². The third-order valence-electron chi connectivity index (χ3n) is 3.38. The Bertz CT molecular complexity index is 362. The molecule has 1 aromatic heterocycles. The molecule has 0 spiro atoms. The lowest BCUT2D eigenvalue weighted by molar-refractivity contribution is 0.313. The van der Waals surface area contributed by atoms with E-state index >= 15 is 0 Å². The zero-order valence-electron chi connectivity index (χ0n) is 8.45. The third-order valence-corrected chi connectivity index (χ3v) is 3.38. The highest BCUT2D eigenvalue weighted by atomic mass is 14.9. The van der Waals surface area contributed by atoms with E-state index in [2.05, 4.69) is 15.3 Å². The van der Waals surface area contributed by atoms with Crippen LogP contribution in [0, 0.1) is 12.8 Å². The number of nitrogens with zero attached hydrogens (tertiary/aromatic N) is 2. The number of rotatable bonds is 0. The minimum absolute atomic E-state index is 0.665. The Labute approximate surface area is 84.0 Å². The van der Waals surface area contributed by atoms with Crippen molar-refractivity contribution in [2.75, 3.05) is 13.1 Å². The van der Waals surface area contributed by atoms with Crippen molar-refractivity contribution < 1.29 is 0 Å². The standard InChI is InChI=1S/C11H15N3/c1-7-13-6-10-9-2-8(4-12-5-9)3-11(10)14-7/h6,8-9,12H,2-5H2,1H3. The lowest BCUT2D eigenvalue weighted by Crippen LogP contribution is -2.39. The number of fused-ring (bicyclic) bond motifs is 4. The van der Waals surface area contributed by atoms with Gasteiger partial charge in [-0.25, -0.2) is 9.97 Å². The topological polar surface area (TPSA) is 37.8 Å². The highest BCUT2D eigenvalue weighted by Gasteiger charge is 2.31. The quantitative estimate of drug-likeness (QED) is 0.662. The zero-order valence-corrected chi connectivity index (χ0v) is 8.45. The molecule has 1 saturated heterocycles. The van der Waals surface area contributed by atoms with E-state index in [1.54, 1.807) is 0 Å². The number of hydrogen-bond acceptors (Lipinski definition) is 3. The summed E-state index contributed by atoms with van der Waals surface area (Å²) in [6.07, 6.45) is 4.50. The third kappa shape index (κ3) is 1.23. The van der Waals surface area contributed by atoms with Gasteiger partial charge >= 0.3 is 0 Å². The molecule has 2 unspecified atom stereocenters. The second-order valence-electron chi connectivity index (χ2n) is 4.48. The Balaban J connectivity index is 2.06. The first-order valence-corrected chi connectivity index (χ1v) is 5.36. The molecule has 0 amide bonds. The Morgan fingerprint density at radius 1 is 1.43 bits per heavy atom. The van der Waals surface area contributed by atoms with Gasteiger partial charge in [0.15, 0.2) is 0 Å².